The van der Waals surface area contributed by atoms with Crippen LogP contribution in [0.5, 0.6) is 0 Å². The first-order chi connectivity index (χ1) is 12.6. The van der Waals surface area contributed by atoms with E-state index in [0.717, 1.165) is 37.3 Å². The molecule has 0 spiro atoms. The third-order valence-electron chi connectivity index (χ3n) is 4.63. The Morgan fingerprint density at radius 2 is 2.00 bits per heavy atom. The van der Waals surface area contributed by atoms with Crippen LogP contribution < -0.4 is 15.1 Å². The quantitative estimate of drug-likeness (QED) is 0.894. The molecule has 1 fully saturated rings. The number of aromatic nitrogens is 1. The van der Waals surface area contributed by atoms with Crippen molar-refractivity contribution in [1.29, 1.82) is 0 Å². The topological polar surface area (TPSA) is 48.5 Å². The maximum absolute atomic E-state index is 14.1. The van der Waals surface area contributed by atoms with Gasteiger partial charge in [0.15, 0.2) is 0 Å². The molecule has 1 aliphatic rings. The highest BCUT2D eigenvalue weighted by Crippen LogP contribution is 2.22. The molecule has 0 radical (unpaired) electrons. The van der Waals surface area contributed by atoms with Gasteiger partial charge in [-0.05, 0) is 49.1 Å². The van der Waals surface area contributed by atoms with Crippen LogP contribution in [0.4, 0.5) is 15.9 Å². The number of nitrogens with zero attached hydrogens (tertiary/aromatic N) is 3. The first-order valence-corrected chi connectivity index (χ1v) is 9.00. The van der Waals surface area contributed by atoms with Crippen LogP contribution in [0.15, 0.2) is 36.5 Å². The molecular weight excluding hydrogens is 331 g/mol. The van der Waals surface area contributed by atoms with Gasteiger partial charge in [-0.25, -0.2) is 9.37 Å². The Labute approximate surface area is 153 Å². The number of carbonyl (C=O) groups is 1. The summed E-state index contributed by atoms with van der Waals surface area (Å²) in [6, 6.07) is 8.58. The van der Waals surface area contributed by atoms with Gasteiger partial charge in [-0.3, -0.25) is 4.79 Å². The maximum atomic E-state index is 14.1. The van der Waals surface area contributed by atoms with E-state index >= 15 is 0 Å². The number of amides is 1. The van der Waals surface area contributed by atoms with Crippen LogP contribution >= 0.6 is 0 Å². The van der Waals surface area contributed by atoms with Gasteiger partial charge in [0, 0.05) is 39.9 Å². The molecule has 6 heteroatoms. The molecule has 138 valence electrons. The number of carbonyl (C=O) groups excluding carboxylic acids is 1. The van der Waals surface area contributed by atoms with E-state index in [1.807, 2.05) is 6.07 Å². The summed E-state index contributed by atoms with van der Waals surface area (Å²) in [4.78, 5) is 21.0. The number of rotatable bonds is 5. The average molecular weight is 356 g/mol. The minimum absolute atomic E-state index is 0.184. The van der Waals surface area contributed by atoms with E-state index in [1.54, 1.807) is 43.4 Å². The zero-order valence-corrected chi connectivity index (χ0v) is 15.3. The molecule has 0 bridgehead atoms. The van der Waals surface area contributed by atoms with Crippen LogP contribution in [-0.2, 0) is 6.54 Å². The predicted octanol–water partition coefficient (Wildman–Crippen LogP) is 3.21. The molecule has 1 aliphatic heterocycles. The van der Waals surface area contributed by atoms with Gasteiger partial charge in [-0.15, -0.1) is 0 Å². The van der Waals surface area contributed by atoms with E-state index in [2.05, 4.69) is 15.2 Å². The van der Waals surface area contributed by atoms with Crippen LogP contribution in [0.25, 0.3) is 0 Å². The van der Waals surface area contributed by atoms with Gasteiger partial charge in [-0.2, -0.15) is 0 Å². The third-order valence-corrected chi connectivity index (χ3v) is 4.63. The molecular formula is C20H25FN4O. The van der Waals surface area contributed by atoms with Crippen molar-refractivity contribution in [1.82, 2.24) is 10.3 Å². The van der Waals surface area contributed by atoms with Crippen molar-refractivity contribution >= 4 is 17.4 Å². The molecule has 1 aromatic carbocycles. The minimum Gasteiger partial charge on any atom is -0.375 e. The highest BCUT2D eigenvalue weighted by molar-refractivity contribution is 5.98. The van der Waals surface area contributed by atoms with Crippen LogP contribution in [0.1, 0.15) is 35.2 Å². The maximum Gasteiger partial charge on any atom is 0.255 e. The van der Waals surface area contributed by atoms with Gasteiger partial charge in [0.1, 0.15) is 11.6 Å². The van der Waals surface area contributed by atoms with E-state index in [1.165, 1.54) is 12.5 Å². The van der Waals surface area contributed by atoms with E-state index in [-0.39, 0.29) is 18.3 Å². The van der Waals surface area contributed by atoms with Crippen molar-refractivity contribution in [2.45, 2.75) is 25.8 Å². The van der Waals surface area contributed by atoms with Crippen molar-refractivity contribution < 1.29 is 9.18 Å². The molecule has 1 saturated heterocycles. The molecule has 0 aliphatic carbocycles. The fourth-order valence-electron chi connectivity index (χ4n) is 3.23. The van der Waals surface area contributed by atoms with Crippen molar-refractivity contribution in [2.24, 2.45) is 0 Å². The van der Waals surface area contributed by atoms with Crippen molar-refractivity contribution in [3.63, 3.8) is 0 Å². The van der Waals surface area contributed by atoms with Crippen molar-refractivity contribution in [2.75, 3.05) is 37.0 Å². The van der Waals surface area contributed by atoms with Crippen LogP contribution in [0.3, 0.4) is 0 Å². The van der Waals surface area contributed by atoms with Crippen molar-refractivity contribution in [3.8, 4) is 0 Å². The molecule has 0 saturated carbocycles. The average Bonchev–Trinajstić information content (AvgIpc) is 2.66. The first kappa shape index (κ1) is 18.2. The number of benzene rings is 1. The molecule has 1 amide bonds. The zero-order valence-electron chi connectivity index (χ0n) is 15.3. The summed E-state index contributed by atoms with van der Waals surface area (Å²) in [6.07, 6.45) is 5.18. The number of hydrogen-bond acceptors (Lipinski definition) is 4. The Morgan fingerprint density at radius 1 is 1.23 bits per heavy atom. The van der Waals surface area contributed by atoms with Gasteiger partial charge >= 0.3 is 0 Å². The standard InChI is InChI=1S/C20H25FN4O/c1-24(2)18-9-8-15(13-17(18)21)14-23-20(26)16-7-6-10-22-19(16)25-11-4-3-5-12-25/h6-10,13H,3-5,11-12,14H2,1-2H3,(H,23,26). The molecule has 1 aromatic heterocycles. The number of piperidine rings is 1. The molecule has 0 atom stereocenters. The second-order valence-corrected chi connectivity index (χ2v) is 6.79. The summed E-state index contributed by atoms with van der Waals surface area (Å²) < 4.78 is 14.1. The van der Waals surface area contributed by atoms with Crippen LogP contribution in [0, 0.1) is 5.82 Å². The second-order valence-electron chi connectivity index (χ2n) is 6.79. The summed E-state index contributed by atoms with van der Waals surface area (Å²) in [5.74, 6) is 0.256. The molecule has 5 nitrogen and oxygen atoms in total. The van der Waals surface area contributed by atoms with E-state index in [4.69, 9.17) is 0 Å². The number of anilines is 2. The number of hydrogen-bond donors (Lipinski definition) is 1. The monoisotopic (exact) mass is 356 g/mol. The van der Waals surface area contributed by atoms with E-state index in [0.29, 0.717) is 11.3 Å². The lowest BCUT2D eigenvalue weighted by Gasteiger charge is -2.29. The molecule has 0 unspecified atom stereocenters. The lowest BCUT2D eigenvalue weighted by molar-refractivity contribution is 0.0951. The van der Waals surface area contributed by atoms with Gasteiger partial charge in [0.2, 0.25) is 0 Å². The summed E-state index contributed by atoms with van der Waals surface area (Å²) in [6.45, 7) is 2.13. The van der Waals surface area contributed by atoms with Gasteiger partial charge in [0.25, 0.3) is 5.91 Å². The lowest BCUT2D eigenvalue weighted by atomic mass is 10.1. The number of pyridine rings is 1. The Hall–Kier alpha value is -2.63. The fourth-order valence-corrected chi connectivity index (χ4v) is 3.23. The Balaban J connectivity index is 1.70. The second kappa shape index (κ2) is 8.17. The number of halogens is 1. The van der Waals surface area contributed by atoms with Gasteiger partial charge in [0.05, 0.1) is 11.3 Å². The molecule has 2 aromatic rings. The Kier molecular flexibility index (Phi) is 5.71. The summed E-state index contributed by atoms with van der Waals surface area (Å²) in [5, 5.41) is 2.88. The molecule has 2 heterocycles. The summed E-state index contributed by atoms with van der Waals surface area (Å²) >= 11 is 0. The zero-order chi connectivity index (χ0) is 18.5. The Bertz CT molecular complexity index is 772. The van der Waals surface area contributed by atoms with Gasteiger partial charge in [-0.1, -0.05) is 6.07 Å². The third kappa shape index (κ3) is 4.12. The van der Waals surface area contributed by atoms with Gasteiger partial charge < -0.3 is 15.1 Å². The van der Waals surface area contributed by atoms with Crippen LogP contribution in [0.2, 0.25) is 0 Å². The Morgan fingerprint density at radius 3 is 2.69 bits per heavy atom. The summed E-state index contributed by atoms with van der Waals surface area (Å²) in [5.41, 5.74) is 1.82. The van der Waals surface area contributed by atoms with Crippen molar-refractivity contribution in [3.05, 3.63) is 53.5 Å². The van der Waals surface area contributed by atoms with Crippen LogP contribution in [-0.4, -0.2) is 38.1 Å². The highest BCUT2D eigenvalue weighted by atomic mass is 19.1. The predicted molar refractivity (Wildman–Crippen MR) is 102 cm³/mol. The minimum atomic E-state index is -0.294. The van der Waals surface area contributed by atoms with E-state index < -0.39 is 0 Å². The normalized spacial score (nSPS) is 14.2. The lowest BCUT2D eigenvalue weighted by Crippen LogP contribution is -2.33. The molecule has 3 rings (SSSR count). The largest absolute Gasteiger partial charge is 0.375 e. The smallest absolute Gasteiger partial charge is 0.255 e. The molecule has 1 N–H and O–H groups in total. The fraction of sp³-hybridized carbons (Fsp3) is 0.400. The summed E-state index contributed by atoms with van der Waals surface area (Å²) in [7, 11) is 3.59. The molecule has 26 heavy (non-hydrogen) atoms. The first-order valence-electron chi connectivity index (χ1n) is 9.00. The van der Waals surface area contributed by atoms with E-state index in [9.17, 15) is 9.18 Å². The SMILES string of the molecule is CN(C)c1ccc(CNC(=O)c2cccnc2N2CCCCC2)cc1F. The number of nitrogens with one attached hydrogen (secondary N) is 1. The highest BCUT2D eigenvalue weighted by Gasteiger charge is 2.19.